The van der Waals surface area contributed by atoms with Crippen LogP contribution >= 0.6 is 11.6 Å². The van der Waals surface area contributed by atoms with Gasteiger partial charge in [0, 0.05) is 31.2 Å². The Morgan fingerprint density at radius 1 is 1.20 bits per heavy atom. The Bertz CT molecular complexity index is 1100. The van der Waals surface area contributed by atoms with E-state index in [1.54, 1.807) is 4.90 Å². The minimum atomic E-state index is -3.46. The fourth-order valence-corrected chi connectivity index (χ4v) is 6.14. The molecule has 0 spiro atoms. The van der Waals surface area contributed by atoms with Crippen molar-refractivity contribution in [2.45, 2.75) is 63.2 Å². The van der Waals surface area contributed by atoms with Crippen molar-refractivity contribution < 1.29 is 26.8 Å². The number of carbonyl (C=O) groups is 2. The molecule has 194 valence electrons. The fraction of sp³-hybridized carbons (Fsp3) is 0.652. The van der Waals surface area contributed by atoms with Crippen molar-refractivity contribution >= 4 is 33.4 Å². The molecular weight excluding hydrogens is 502 g/mol. The van der Waals surface area contributed by atoms with Gasteiger partial charge in [0.15, 0.2) is 0 Å². The van der Waals surface area contributed by atoms with E-state index in [0.29, 0.717) is 25.8 Å². The van der Waals surface area contributed by atoms with E-state index in [1.165, 1.54) is 4.31 Å². The van der Waals surface area contributed by atoms with E-state index in [1.807, 2.05) is 6.92 Å². The van der Waals surface area contributed by atoms with Gasteiger partial charge in [-0.25, -0.2) is 17.2 Å². The highest BCUT2D eigenvalue weighted by Crippen LogP contribution is 2.43. The first-order chi connectivity index (χ1) is 16.5. The van der Waals surface area contributed by atoms with Gasteiger partial charge in [0.2, 0.25) is 21.8 Å². The molecular formula is C23H31ClF2N4O4S. The lowest BCUT2D eigenvalue weighted by Gasteiger charge is -2.37. The van der Waals surface area contributed by atoms with Gasteiger partial charge in [-0.1, -0.05) is 18.5 Å². The first-order valence-corrected chi connectivity index (χ1v) is 14.2. The van der Waals surface area contributed by atoms with E-state index < -0.39 is 45.7 Å². The van der Waals surface area contributed by atoms with Crippen LogP contribution in [-0.2, 0) is 19.6 Å². The lowest BCUT2D eigenvalue weighted by atomic mass is 10.0. The average Bonchev–Trinajstić information content (AvgIpc) is 3.56. The fourth-order valence-electron chi connectivity index (χ4n) is 5.15. The summed E-state index contributed by atoms with van der Waals surface area (Å²) < 4.78 is 54.1. The summed E-state index contributed by atoms with van der Waals surface area (Å²) in [6, 6.07) is -0.487. The number of hydrogen-bond donors (Lipinski definition) is 2. The zero-order valence-corrected chi connectivity index (χ0v) is 21.3. The van der Waals surface area contributed by atoms with Crippen LogP contribution in [0.5, 0.6) is 0 Å². The normalized spacial score (nSPS) is 26.5. The van der Waals surface area contributed by atoms with Crippen molar-refractivity contribution in [2.75, 3.05) is 25.9 Å². The van der Waals surface area contributed by atoms with Crippen LogP contribution in [-0.4, -0.2) is 73.5 Å². The average molecular weight is 533 g/mol. The maximum absolute atomic E-state index is 14.7. The molecule has 2 aliphatic heterocycles. The highest BCUT2D eigenvalue weighted by Gasteiger charge is 2.45. The number of nitrogens with zero attached hydrogens (tertiary/aromatic N) is 2. The SMILES string of the molecule is CC[C@@H]1CC[C@H](C(=O)NC(c2cc(F)c(Cl)cc2F)C2CC2)N1C(=O)[C@@H]1CN(S(C)(=O)=O)CCN1. The zero-order chi connectivity index (χ0) is 25.5. The summed E-state index contributed by atoms with van der Waals surface area (Å²) in [5.74, 6) is -2.21. The van der Waals surface area contributed by atoms with Crippen LogP contribution < -0.4 is 10.6 Å². The number of benzene rings is 1. The number of likely N-dealkylation sites (tertiary alicyclic amines) is 1. The smallest absolute Gasteiger partial charge is 0.243 e. The van der Waals surface area contributed by atoms with Crippen LogP contribution in [0.15, 0.2) is 12.1 Å². The molecule has 1 unspecified atom stereocenters. The van der Waals surface area contributed by atoms with Crippen molar-refractivity contribution in [3.63, 3.8) is 0 Å². The Labute approximate surface area is 209 Å². The third-order valence-electron chi connectivity index (χ3n) is 7.20. The van der Waals surface area contributed by atoms with Gasteiger partial charge in [-0.05, 0) is 50.2 Å². The molecule has 35 heavy (non-hydrogen) atoms. The van der Waals surface area contributed by atoms with E-state index in [9.17, 15) is 26.8 Å². The quantitative estimate of drug-likeness (QED) is 0.525. The lowest BCUT2D eigenvalue weighted by molar-refractivity contribution is -0.143. The standard InChI is InChI=1S/C23H31ClF2N4O4S/c1-3-14-6-7-20(30(14)23(32)19-12-29(9-8-27-19)35(2,33)34)22(31)28-21(13-4-5-13)15-10-18(26)16(24)11-17(15)25/h10-11,13-14,19-21,27H,3-9,12H2,1-2H3,(H,28,31)/t14-,19+,20-,21?/m1/s1. The van der Waals surface area contributed by atoms with Gasteiger partial charge in [0.05, 0.1) is 17.3 Å². The minimum absolute atomic E-state index is 0.00109. The Hall–Kier alpha value is -1.82. The van der Waals surface area contributed by atoms with Gasteiger partial charge in [-0.2, -0.15) is 4.31 Å². The number of sulfonamides is 1. The second-order valence-electron chi connectivity index (χ2n) is 9.64. The van der Waals surface area contributed by atoms with Crippen LogP contribution in [0.25, 0.3) is 0 Å². The van der Waals surface area contributed by atoms with Gasteiger partial charge in [0.25, 0.3) is 0 Å². The van der Waals surface area contributed by atoms with E-state index in [2.05, 4.69) is 10.6 Å². The largest absolute Gasteiger partial charge is 0.347 e. The van der Waals surface area contributed by atoms with Crippen molar-refractivity contribution in [2.24, 2.45) is 5.92 Å². The summed E-state index contributed by atoms with van der Waals surface area (Å²) in [6.45, 7) is 2.53. The Kier molecular flexibility index (Phi) is 7.71. The summed E-state index contributed by atoms with van der Waals surface area (Å²) in [5, 5.41) is 5.64. The van der Waals surface area contributed by atoms with Gasteiger partial charge in [0.1, 0.15) is 23.7 Å². The Balaban J connectivity index is 1.54. The zero-order valence-electron chi connectivity index (χ0n) is 19.8. The third-order valence-corrected chi connectivity index (χ3v) is 8.76. The lowest BCUT2D eigenvalue weighted by Crippen LogP contribution is -2.61. The van der Waals surface area contributed by atoms with Crippen molar-refractivity contribution in [3.8, 4) is 0 Å². The first-order valence-electron chi connectivity index (χ1n) is 12.0. The molecule has 2 heterocycles. The molecule has 1 aliphatic carbocycles. The first kappa shape index (κ1) is 26.2. The molecule has 0 aromatic heterocycles. The summed E-state index contributed by atoms with van der Waals surface area (Å²) in [6.07, 6.45) is 4.35. The van der Waals surface area contributed by atoms with Crippen LogP contribution in [0.2, 0.25) is 5.02 Å². The predicted octanol–water partition coefficient (Wildman–Crippen LogP) is 2.19. The second-order valence-corrected chi connectivity index (χ2v) is 12.0. The highest BCUT2D eigenvalue weighted by atomic mass is 35.5. The van der Waals surface area contributed by atoms with Crippen molar-refractivity contribution in [1.29, 1.82) is 0 Å². The number of hydrogen-bond acceptors (Lipinski definition) is 5. The molecule has 8 nitrogen and oxygen atoms in total. The molecule has 1 aromatic carbocycles. The van der Waals surface area contributed by atoms with E-state index in [-0.39, 0.29) is 41.5 Å². The van der Waals surface area contributed by atoms with E-state index in [4.69, 9.17) is 11.6 Å². The highest BCUT2D eigenvalue weighted by molar-refractivity contribution is 7.88. The number of piperazine rings is 1. The van der Waals surface area contributed by atoms with Gasteiger partial charge in [-0.15, -0.1) is 0 Å². The van der Waals surface area contributed by atoms with E-state index >= 15 is 0 Å². The molecule has 1 saturated carbocycles. The van der Waals surface area contributed by atoms with Crippen LogP contribution in [0.4, 0.5) is 8.78 Å². The topological polar surface area (TPSA) is 98.8 Å². The summed E-state index contributed by atoms with van der Waals surface area (Å²) >= 11 is 5.70. The maximum Gasteiger partial charge on any atom is 0.243 e. The molecule has 3 fully saturated rings. The molecule has 2 N–H and O–H groups in total. The Morgan fingerprint density at radius 2 is 1.91 bits per heavy atom. The summed E-state index contributed by atoms with van der Waals surface area (Å²) in [5.41, 5.74) is 0.0448. The van der Waals surface area contributed by atoms with Crippen molar-refractivity contribution in [1.82, 2.24) is 19.8 Å². The number of nitrogens with one attached hydrogen (secondary N) is 2. The molecule has 3 aliphatic rings. The van der Waals surface area contributed by atoms with Crippen LogP contribution in [0, 0.1) is 17.6 Å². The number of carbonyl (C=O) groups excluding carboxylic acids is 2. The molecule has 2 saturated heterocycles. The minimum Gasteiger partial charge on any atom is -0.347 e. The molecule has 12 heteroatoms. The maximum atomic E-state index is 14.7. The number of halogens is 3. The number of rotatable bonds is 7. The van der Waals surface area contributed by atoms with Crippen LogP contribution in [0.3, 0.4) is 0 Å². The second kappa shape index (κ2) is 10.3. The molecule has 1 aromatic rings. The van der Waals surface area contributed by atoms with Gasteiger partial charge >= 0.3 is 0 Å². The summed E-state index contributed by atoms with van der Waals surface area (Å²) in [7, 11) is -3.46. The van der Waals surface area contributed by atoms with Crippen molar-refractivity contribution in [3.05, 3.63) is 34.4 Å². The third kappa shape index (κ3) is 5.63. The molecule has 0 radical (unpaired) electrons. The molecule has 4 atom stereocenters. The van der Waals surface area contributed by atoms with E-state index in [0.717, 1.165) is 31.2 Å². The van der Waals surface area contributed by atoms with Gasteiger partial charge < -0.3 is 15.5 Å². The Morgan fingerprint density at radius 3 is 2.54 bits per heavy atom. The summed E-state index contributed by atoms with van der Waals surface area (Å²) in [4.78, 5) is 28.5. The monoisotopic (exact) mass is 532 g/mol. The molecule has 2 amide bonds. The molecule has 4 rings (SSSR count). The number of amides is 2. The predicted molar refractivity (Wildman–Crippen MR) is 127 cm³/mol. The van der Waals surface area contributed by atoms with Gasteiger partial charge in [-0.3, -0.25) is 9.59 Å². The molecule has 0 bridgehead atoms. The van der Waals surface area contributed by atoms with Crippen LogP contribution in [0.1, 0.15) is 50.6 Å².